The molecule has 0 aliphatic carbocycles. The number of rotatable bonds is 8. The maximum Gasteiger partial charge on any atom is 0.150 e. The highest BCUT2D eigenvalue weighted by atomic mass is 16.5. The van der Waals surface area contributed by atoms with E-state index in [-0.39, 0.29) is 0 Å². The second-order valence-corrected chi connectivity index (χ2v) is 4.83. The number of hydrogen-bond donors (Lipinski definition) is 0. The third-order valence-electron chi connectivity index (χ3n) is 3.06. The highest BCUT2D eigenvalue weighted by molar-refractivity contribution is 5.75. The predicted molar refractivity (Wildman–Crippen MR) is 83.0 cm³/mol. The number of aldehydes is 1. The van der Waals surface area contributed by atoms with Crippen LogP contribution in [-0.4, -0.2) is 12.9 Å². The zero-order valence-electron chi connectivity index (χ0n) is 12.2. The number of unbranched alkanes of at least 4 members (excludes halogenated alkanes) is 1. The van der Waals surface area contributed by atoms with Gasteiger partial charge in [-0.2, -0.15) is 0 Å². The van der Waals surface area contributed by atoms with E-state index in [0.717, 1.165) is 37.0 Å². The Hall–Kier alpha value is -2.29. The third-order valence-corrected chi connectivity index (χ3v) is 3.06. The molecule has 2 aromatic rings. The van der Waals surface area contributed by atoms with Gasteiger partial charge in [-0.05, 0) is 36.2 Å². The fourth-order valence-electron chi connectivity index (χ4n) is 1.90. The molecule has 0 saturated carbocycles. The molecule has 0 bridgehead atoms. The SMILES string of the molecule is CCCCOc1cccc(COc2cccc(C=O)c2)c1. The van der Waals surface area contributed by atoms with Gasteiger partial charge in [0.15, 0.2) is 0 Å². The van der Waals surface area contributed by atoms with Crippen molar-refractivity contribution in [3.05, 3.63) is 59.7 Å². The van der Waals surface area contributed by atoms with Gasteiger partial charge in [0.2, 0.25) is 0 Å². The number of hydrogen-bond acceptors (Lipinski definition) is 3. The Labute approximate surface area is 125 Å². The number of benzene rings is 2. The summed E-state index contributed by atoms with van der Waals surface area (Å²) in [4.78, 5) is 10.7. The lowest BCUT2D eigenvalue weighted by Crippen LogP contribution is -1.99. The van der Waals surface area contributed by atoms with E-state index < -0.39 is 0 Å². The Morgan fingerprint density at radius 3 is 2.52 bits per heavy atom. The quantitative estimate of drug-likeness (QED) is 0.537. The number of carbonyl (C=O) groups excluding carboxylic acids is 1. The molecule has 0 heterocycles. The molecule has 0 amide bonds. The second-order valence-electron chi connectivity index (χ2n) is 4.83. The molecule has 3 heteroatoms. The van der Waals surface area contributed by atoms with Crippen LogP contribution in [0.15, 0.2) is 48.5 Å². The average molecular weight is 284 g/mol. The van der Waals surface area contributed by atoms with E-state index in [1.165, 1.54) is 0 Å². The van der Waals surface area contributed by atoms with Crippen LogP contribution in [0.2, 0.25) is 0 Å². The van der Waals surface area contributed by atoms with Crippen molar-refractivity contribution >= 4 is 6.29 Å². The van der Waals surface area contributed by atoms with Gasteiger partial charge in [0.05, 0.1) is 6.61 Å². The standard InChI is InChI=1S/C18H20O3/c1-2-3-10-20-17-8-5-7-16(12-17)14-21-18-9-4-6-15(11-18)13-19/h4-9,11-13H,2-3,10,14H2,1H3. The van der Waals surface area contributed by atoms with Crippen LogP contribution < -0.4 is 9.47 Å². The highest BCUT2D eigenvalue weighted by Crippen LogP contribution is 2.17. The Balaban J connectivity index is 1.93. The van der Waals surface area contributed by atoms with Crippen molar-refractivity contribution in [2.45, 2.75) is 26.4 Å². The monoisotopic (exact) mass is 284 g/mol. The molecule has 21 heavy (non-hydrogen) atoms. The third kappa shape index (κ3) is 4.95. The van der Waals surface area contributed by atoms with Crippen molar-refractivity contribution < 1.29 is 14.3 Å². The van der Waals surface area contributed by atoms with Crippen molar-refractivity contribution in [2.24, 2.45) is 0 Å². The lowest BCUT2D eigenvalue weighted by molar-refractivity contribution is 0.112. The van der Waals surface area contributed by atoms with E-state index in [1.807, 2.05) is 36.4 Å². The van der Waals surface area contributed by atoms with Gasteiger partial charge in [-0.3, -0.25) is 4.79 Å². The van der Waals surface area contributed by atoms with E-state index in [1.54, 1.807) is 12.1 Å². The lowest BCUT2D eigenvalue weighted by Gasteiger charge is -2.09. The zero-order chi connectivity index (χ0) is 14.9. The summed E-state index contributed by atoms with van der Waals surface area (Å²) in [5.41, 5.74) is 1.66. The predicted octanol–water partition coefficient (Wildman–Crippen LogP) is 4.26. The van der Waals surface area contributed by atoms with Crippen LogP contribution in [0, 0.1) is 0 Å². The van der Waals surface area contributed by atoms with Crippen LogP contribution in [0.3, 0.4) is 0 Å². The minimum absolute atomic E-state index is 0.452. The first kappa shape index (κ1) is 15.1. The normalized spacial score (nSPS) is 10.1. The van der Waals surface area contributed by atoms with Gasteiger partial charge in [0.25, 0.3) is 0 Å². The van der Waals surface area contributed by atoms with E-state index in [0.29, 0.717) is 17.9 Å². The smallest absolute Gasteiger partial charge is 0.150 e. The zero-order valence-corrected chi connectivity index (χ0v) is 12.2. The van der Waals surface area contributed by atoms with Crippen molar-refractivity contribution in [3.63, 3.8) is 0 Å². The molecule has 0 radical (unpaired) electrons. The maximum atomic E-state index is 10.7. The van der Waals surface area contributed by atoms with Gasteiger partial charge in [-0.15, -0.1) is 0 Å². The molecule has 0 fully saturated rings. The van der Waals surface area contributed by atoms with Crippen LogP contribution in [0.1, 0.15) is 35.7 Å². The first-order valence-corrected chi connectivity index (χ1v) is 7.21. The molecule has 0 N–H and O–H groups in total. The van der Waals surface area contributed by atoms with E-state index >= 15 is 0 Å². The van der Waals surface area contributed by atoms with Gasteiger partial charge in [0, 0.05) is 5.56 Å². The summed E-state index contributed by atoms with van der Waals surface area (Å²) in [5, 5.41) is 0. The molecule has 0 unspecified atom stereocenters. The van der Waals surface area contributed by atoms with Crippen LogP contribution in [-0.2, 0) is 6.61 Å². The average Bonchev–Trinajstić information content (AvgIpc) is 2.54. The first-order valence-electron chi connectivity index (χ1n) is 7.21. The molecular formula is C18H20O3. The fraction of sp³-hybridized carbons (Fsp3) is 0.278. The molecule has 110 valence electrons. The minimum Gasteiger partial charge on any atom is -0.494 e. The number of carbonyl (C=O) groups is 1. The van der Waals surface area contributed by atoms with Gasteiger partial charge >= 0.3 is 0 Å². The van der Waals surface area contributed by atoms with E-state index in [4.69, 9.17) is 9.47 Å². The summed E-state index contributed by atoms with van der Waals surface area (Å²) in [6.07, 6.45) is 2.99. The molecule has 2 aromatic carbocycles. The summed E-state index contributed by atoms with van der Waals surface area (Å²) in [5.74, 6) is 1.56. The number of ether oxygens (including phenoxy) is 2. The summed E-state index contributed by atoms with van der Waals surface area (Å²) in [6.45, 7) is 3.33. The Morgan fingerprint density at radius 2 is 1.76 bits per heavy atom. The second kappa shape index (κ2) is 8.10. The molecule has 0 aliphatic heterocycles. The molecule has 0 aliphatic rings. The summed E-state index contributed by atoms with van der Waals surface area (Å²) >= 11 is 0. The topological polar surface area (TPSA) is 35.5 Å². The van der Waals surface area contributed by atoms with Gasteiger partial charge in [0.1, 0.15) is 24.4 Å². The summed E-state index contributed by atoms with van der Waals surface area (Å²) in [6, 6.07) is 15.0. The largest absolute Gasteiger partial charge is 0.494 e. The Kier molecular flexibility index (Phi) is 5.83. The summed E-state index contributed by atoms with van der Waals surface area (Å²) < 4.78 is 11.4. The van der Waals surface area contributed by atoms with Gasteiger partial charge in [-0.25, -0.2) is 0 Å². The first-order chi connectivity index (χ1) is 10.3. The van der Waals surface area contributed by atoms with Crippen LogP contribution in [0.25, 0.3) is 0 Å². The Bertz CT molecular complexity index is 578. The minimum atomic E-state index is 0.452. The molecule has 0 aromatic heterocycles. The van der Waals surface area contributed by atoms with Crippen molar-refractivity contribution in [1.29, 1.82) is 0 Å². The highest BCUT2D eigenvalue weighted by Gasteiger charge is 2.00. The van der Waals surface area contributed by atoms with Crippen LogP contribution in [0.5, 0.6) is 11.5 Å². The molecule has 3 nitrogen and oxygen atoms in total. The van der Waals surface area contributed by atoms with Crippen LogP contribution >= 0.6 is 0 Å². The lowest BCUT2D eigenvalue weighted by atomic mass is 10.2. The molecular weight excluding hydrogens is 264 g/mol. The fourth-order valence-corrected chi connectivity index (χ4v) is 1.90. The Morgan fingerprint density at radius 1 is 1.00 bits per heavy atom. The van der Waals surface area contributed by atoms with Crippen LogP contribution in [0.4, 0.5) is 0 Å². The van der Waals surface area contributed by atoms with E-state index in [2.05, 4.69) is 6.92 Å². The van der Waals surface area contributed by atoms with Crippen molar-refractivity contribution in [1.82, 2.24) is 0 Å². The molecule has 2 rings (SSSR count). The molecule has 0 spiro atoms. The maximum absolute atomic E-state index is 10.7. The molecule has 0 atom stereocenters. The van der Waals surface area contributed by atoms with Crippen molar-refractivity contribution in [3.8, 4) is 11.5 Å². The molecule has 0 saturated heterocycles. The van der Waals surface area contributed by atoms with Gasteiger partial charge in [-0.1, -0.05) is 37.6 Å². The summed E-state index contributed by atoms with van der Waals surface area (Å²) in [7, 11) is 0. The van der Waals surface area contributed by atoms with Gasteiger partial charge < -0.3 is 9.47 Å². The van der Waals surface area contributed by atoms with E-state index in [9.17, 15) is 4.79 Å². The van der Waals surface area contributed by atoms with Crippen molar-refractivity contribution in [2.75, 3.05) is 6.61 Å².